The Morgan fingerprint density at radius 3 is 2.72 bits per heavy atom. The number of imidazole rings is 1. The van der Waals surface area contributed by atoms with Crippen LogP contribution < -0.4 is 4.90 Å². The van der Waals surface area contributed by atoms with E-state index in [1.54, 1.807) is 6.33 Å². The second kappa shape index (κ2) is 4.55. The van der Waals surface area contributed by atoms with Gasteiger partial charge in [-0.3, -0.25) is 0 Å². The van der Waals surface area contributed by atoms with E-state index in [2.05, 4.69) is 19.5 Å². The molecule has 3 rings (SSSR count). The first-order chi connectivity index (χ1) is 8.75. The summed E-state index contributed by atoms with van der Waals surface area (Å²) in [6.45, 7) is 1.04. The predicted molar refractivity (Wildman–Crippen MR) is 71.6 cm³/mol. The Bertz CT molecular complexity index is 539. The minimum Gasteiger partial charge on any atom is -0.361 e. The number of hydrogen-bond acceptors (Lipinski definition) is 4. The van der Waals surface area contributed by atoms with Gasteiger partial charge < -0.3 is 9.47 Å². The van der Waals surface area contributed by atoms with Crippen molar-refractivity contribution in [3.8, 4) is 0 Å². The van der Waals surface area contributed by atoms with Crippen LogP contribution in [0.5, 0.6) is 0 Å². The van der Waals surface area contributed by atoms with Crippen LogP contribution in [0.3, 0.4) is 0 Å². The maximum absolute atomic E-state index is 4.48. The van der Waals surface area contributed by atoms with Gasteiger partial charge in [-0.25, -0.2) is 15.0 Å². The molecular weight excluding hydrogens is 226 g/mol. The SMILES string of the molecule is CN(C)c1ncnc2c1ncn2CC1CCCC1. The molecule has 0 atom stereocenters. The van der Waals surface area contributed by atoms with Crippen molar-refractivity contribution >= 4 is 17.0 Å². The first-order valence-electron chi connectivity index (χ1n) is 6.59. The summed E-state index contributed by atoms with van der Waals surface area (Å²) in [5.41, 5.74) is 1.86. The Hall–Kier alpha value is -1.65. The molecule has 18 heavy (non-hydrogen) atoms. The van der Waals surface area contributed by atoms with Crippen molar-refractivity contribution in [1.82, 2.24) is 19.5 Å². The third kappa shape index (κ3) is 1.94. The minimum atomic E-state index is 0.792. The van der Waals surface area contributed by atoms with Gasteiger partial charge in [-0.1, -0.05) is 12.8 Å². The molecule has 0 unspecified atom stereocenters. The van der Waals surface area contributed by atoms with Crippen LogP contribution >= 0.6 is 0 Å². The number of nitrogens with zero attached hydrogens (tertiary/aromatic N) is 5. The number of aromatic nitrogens is 4. The fraction of sp³-hybridized carbons (Fsp3) is 0.615. The minimum absolute atomic E-state index is 0.792. The van der Waals surface area contributed by atoms with Crippen LogP contribution in [-0.4, -0.2) is 33.6 Å². The van der Waals surface area contributed by atoms with Crippen LogP contribution in [0.4, 0.5) is 5.82 Å². The summed E-state index contributed by atoms with van der Waals surface area (Å²) in [4.78, 5) is 15.1. The molecule has 0 bridgehead atoms. The average molecular weight is 245 g/mol. The van der Waals surface area contributed by atoms with Crippen molar-refractivity contribution < 1.29 is 0 Å². The highest BCUT2D eigenvalue weighted by molar-refractivity contribution is 5.82. The van der Waals surface area contributed by atoms with Crippen molar-refractivity contribution in [2.24, 2.45) is 5.92 Å². The Kier molecular flexibility index (Phi) is 2.89. The van der Waals surface area contributed by atoms with Crippen molar-refractivity contribution in [2.75, 3.05) is 19.0 Å². The van der Waals surface area contributed by atoms with E-state index in [9.17, 15) is 0 Å². The Morgan fingerprint density at radius 2 is 2.00 bits per heavy atom. The lowest BCUT2D eigenvalue weighted by molar-refractivity contribution is 0.463. The van der Waals surface area contributed by atoms with Crippen LogP contribution in [0.1, 0.15) is 25.7 Å². The summed E-state index contributed by atoms with van der Waals surface area (Å²) >= 11 is 0. The summed E-state index contributed by atoms with van der Waals surface area (Å²) < 4.78 is 2.18. The van der Waals surface area contributed by atoms with E-state index in [0.717, 1.165) is 29.4 Å². The molecule has 96 valence electrons. The molecule has 0 amide bonds. The molecule has 0 N–H and O–H groups in total. The maximum atomic E-state index is 4.48. The predicted octanol–water partition coefficient (Wildman–Crippen LogP) is 2.08. The number of anilines is 1. The highest BCUT2D eigenvalue weighted by Gasteiger charge is 2.18. The lowest BCUT2D eigenvalue weighted by atomic mass is 10.1. The van der Waals surface area contributed by atoms with Crippen LogP contribution in [0.25, 0.3) is 11.2 Å². The zero-order valence-corrected chi connectivity index (χ0v) is 11.0. The Morgan fingerprint density at radius 1 is 1.22 bits per heavy atom. The first kappa shape index (κ1) is 11.4. The smallest absolute Gasteiger partial charge is 0.165 e. The molecule has 5 nitrogen and oxygen atoms in total. The van der Waals surface area contributed by atoms with Crippen molar-refractivity contribution in [1.29, 1.82) is 0 Å². The van der Waals surface area contributed by atoms with Gasteiger partial charge in [0.05, 0.1) is 6.33 Å². The van der Waals surface area contributed by atoms with E-state index in [4.69, 9.17) is 0 Å². The molecule has 1 fully saturated rings. The molecule has 5 heteroatoms. The molecule has 2 aromatic rings. The highest BCUT2D eigenvalue weighted by Crippen LogP contribution is 2.28. The molecule has 0 aliphatic heterocycles. The van der Waals surface area contributed by atoms with E-state index in [0.29, 0.717) is 0 Å². The average Bonchev–Trinajstić information content (AvgIpc) is 2.99. The fourth-order valence-electron chi connectivity index (χ4n) is 2.80. The van der Waals surface area contributed by atoms with E-state index in [1.807, 2.05) is 25.3 Å². The Labute approximate surface area is 107 Å². The Balaban J connectivity index is 1.96. The lowest BCUT2D eigenvalue weighted by Gasteiger charge is -2.12. The number of rotatable bonds is 3. The van der Waals surface area contributed by atoms with Crippen LogP contribution in [0.15, 0.2) is 12.7 Å². The normalized spacial score (nSPS) is 16.6. The zero-order valence-electron chi connectivity index (χ0n) is 11.0. The zero-order chi connectivity index (χ0) is 12.5. The summed E-state index contributed by atoms with van der Waals surface area (Å²) in [7, 11) is 3.97. The van der Waals surface area contributed by atoms with Gasteiger partial charge in [0.1, 0.15) is 6.33 Å². The van der Waals surface area contributed by atoms with Crippen molar-refractivity contribution in [3.05, 3.63) is 12.7 Å². The largest absolute Gasteiger partial charge is 0.361 e. The molecule has 2 aromatic heterocycles. The molecule has 2 heterocycles. The lowest BCUT2D eigenvalue weighted by Crippen LogP contribution is -2.12. The van der Waals surface area contributed by atoms with Gasteiger partial charge in [0.15, 0.2) is 17.0 Å². The second-order valence-electron chi connectivity index (χ2n) is 5.31. The van der Waals surface area contributed by atoms with Crippen LogP contribution in [0, 0.1) is 5.92 Å². The first-order valence-corrected chi connectivity index (χ1v) is 6.59. The monoisotopic (exact) mass is 245 g/mol. The van der Waals surface area contributed by atoms with E-state index in [1.165, 1.54) is 25.7 Å². The summed E-state index contributed by atoms with van der Waals surface area (Å²) in [6, 6.07) is 0. The summed E-state index contributed by atoms with van der Waals surface area (Å²) in [6.07, 6.45) is 8.95. The maximum Gasteiger partial charge on any atom is 0.165 e. The van der Waals surface area contributed by atoms with E-state index < -0.39 is 0 Å². The van der Waals surface area contributed by atoms with Crippen LogP contribution in [0.2, 0.25) is 0 Å². The van der Waals surface area contributed by atoms with E-state index >= 15 is 0 Å². The topological polar surface area (TPSA) is 46.8 Å². The molecule has 1 saturated carbocycles. The third-order valence-corrected chi connectivity index (χ3v) is 3.74. The summed E-state index contributed by atoms with van der Waals surface area (Å²) in [5.74, 6) is 1.69. The molecule has 0 saturated heterocycles. The van der Waals surface area contributed by atoms with Crippen molar-refractivity contribution in [2.45, 2.75) is 32.2 Å². The molecule has 1 aliphatic rings. The standard InChI is InChI=1S/C13H19N5/c1-17(2)12-11-13(15-8-14-12)18(9-16-11)7-10-5-3-4-6-10/h8-10H,3-7H2,1-2H3. The van der Waals surface area contributed by atoms with E-state index in [-0.39, 0.29) is 0 Å². The molecule has 0 radical (unpaired) electrons. The summed E-state index contributed by atoms with van der Waals surface area (Å²) in [5, 5.41) is 0. The van der Waals surface area contributed by atoms with Crippen molar-refractivity contribution in [3.63, 3.8) is 0 Å². The second-order valence-corrected chi connectivity index (χ2v) is 5.31. The molecular formula is C13H19N5. The quantitative estimate of drug-likeness (QED) is 0.830. The van der Waals surface area contributed by atoms with Crippen LogP contribution in [-0.2, 0) is 6.54 Å². The molecule has 1 aliphatic carbocycles. The van der Waals surface area contributed by atoms with Gasteiger partial charge in [0.25, 0.3) is 0 Å². The third-order valence-electron chi connectivity index (χ3n) is 3.74. The van der Waals surface area contributed by atoms with Gasteiger partial charge in [-0.2, -0.15) is 0 Å². The van der Waals surface area contributed by atoms with Gasteiger partial charge >= 0.3 is 0 Å². The number of hydrogen-bond donors (Lipinski definition) is 0. The van der Waals surface area contributed by atoms with Gasteiger partial charge in [-0.05, 0) is 18.8 Å². The van der Waals surface area contributed by atoms with Gasteiger partial charge in [0.2, 0.25) is 0 Å². The molecule has 0 aromatic carbocycles. The van der Waals surface area contributed by atoms with Gasteiger partial charge in [0, 0.05) is 20.6 Å². The molecule has 0 spiro atoms. The van der Waals surface area contributed by atoms with Gasteiger partial charge in [-0.15, -0.1) is 0 Å². The number of fused-ring (bicyclic) bond motifs is 1. The fourth-order valence-corrected chi connectivity index (χ4v) is 2.80. The highest BCUT2D eigenvalue weighted by atomic mass is 15.2.